The zero-order valence-electron chi connectivity index (χ0n) is 12.4. The van der Waals surface area contributed by atoms with Gasteiger partial charge in [-0.3, -0.25) is 8.98 Å². The molecular weight excluding hydrogens is 377 g/mol. The summed E-state index contributed by atoms with van der Waals surface area (Å²) in [7, 11) is -4.00. The van der Waals surface area contributed by atoms with Crippen LogP contribution in [0.1, 0.15) is 17.3 Å². The maximum absolute atomic E-state index is 12.3. The predicted molar refractivity (Wildman–Crippen MR) is 91.3 cm³/mol. The molecule has 0 radical (unpaired) electrons. The number of phenols is 1. The molecule has 0 aliphatic carbocycles. The molecule has 1 amide bonds. The quantitative estimate of drug-likeness (QED) is 0.760. The molecule has 0 bridgehead atoms. The molecule has 0 atom stereocenters. The highest BCUT2D eigenvalue weighted by atomic mass is 35.5. The number of hydrogen-bond acceptors (Lipinski definition) is 5. The van der Waals surface area contributed by atoms with Gasteiger partial charge in [0, 0.05) is 5.56 Å². The molecule has 0 aliphatic rings. The van der Waals surface area contributed by atoms with Crippen LogP contribution in [0, 0.1) is 0 Å². The van der Waals surface area contributed by atoms with Crippen molar-refractivity contribution in [3.63, 3.8) is 0 Å². The largest absolute Gasteiger partial charge is 0.505 e. The van der Waals surface area contributed by atoms with Gasteiger partial charge in [0.1, 0.15) is 4.90 Å². The molecule has 2 rings (SSSR count). The molecule has 0 aromatic heterocycles. The summed E-state index contributed by atoms with van der Waals surface area (Å²) < 4.78 is 28.9. The van der Waals surface area contributed by atoms with E-state index in [9.17, 15) is 18.3 Å². The predicted octanol–water partition coefficient (Wildman–Crippen LogP) is 3.68. The lowest BCUT2D eigenvalue weighted by molar-refractivity contribution is 0.102. The highest BCUT2D eigenvalue weighted by Crippen LogP contribution is 2.33. The summed E-state index contributed by atoms with van der Waals surface area (Å²) in [6.45, 7) is 1.51. The van der Waals surface area contributed by atoms with E-state index in [1.165, 1.54) is 30.3 Å². The molecule has 0 fully saturated rings. The van der Waals surface area contributed by atoms with Gasteiger partial charge in [0.2, 0.25) is 0 Å². The fourth-order valence-corrected chi connectivity index (χ4v) is 3.46. The Morgan fingerprint density at radius 2 is 1.79 bits per heavy atom. The monoisotopic (exact) mass is 389 g/mol. The third kappa shape index (κ3) is 3.99. The van der Waals surface area contributed by atoms with Crippen molar-refractivity contribution in [1.29, 1.82) is 0 Å². The van der Waals surface area contributed by atoms with E-state index in [-0.39, 0.29) is 38.5 Å². The average Bonchev–Trinajstić information content (AvgIpc) is 2.52. The molecule has 0 spiro atoms. The fourth-order valence-electron chi connectivity index (χ4n) is 1.90. The number of para-hydroxylation sites is 1. The van der Waals surface area contributed by atoms with Gasteiger partial charge in [0.05, 0.1) is 22.3 Å². The van der Waals surface area contributed by atoms with E-state index < -0.39 is 16.0 Å². The minimum atomic E-state index is -4.00. The van der Waals surface area contributed by atoms with Gasteiger partial charge in [0.15, 0.2) is 5.75 Å². The molecule has 2 N–H and O–H groups in total. The van der Waals surface area contributed by atoms with Gasteiger partial charge in [-0.05, 0) is 31.2 Å². The number of halogens is 2. The molecule has 24 heavy (non-hydrogen) atoms. The molecule has 0 heterocycles. The third-order valence-electron chi connectivity index (χ3n) is 2.96. The van der Waals surface area contributed by atoms with Crippen LogP contribution in [0.15, 0.2) is 41.3 Å². The van der Waals surface area contributed by atoms with Gasteiger partial charge in [-0.15, -0.1) is 0 Å². The number of phenolic OH excluding ortho intramolecular Hbond substituents is 1. The zero-order chi connectivity index (χ0) is 17.9. The lowest BCUT2D eigenvalue weighted by atomic mass is 10.2. The van der Waals surface area contributed by atoms with Gasteiger partial charge >= 0.3 is 0 Å². The summed E-state index contributed by atoms with van der Waals surface area (Å²) >= 11 is 11.6. The number of carbonyl (C=O) groups is 1. The van der Waals surface area contributed by atoms with E-state index in [2.05, 4.69) is 5.32 Å². The van der Waals surface area contributed by atoms with Crippen LogP contribution in [0.25, 0.3) is 0 Å². The minimum Gasteiger partial charge on any atom is -0.505 e. The third-order valence-corrected chi connectivity index (χ3v) is 4.97. The number of hydrogen-bond donors (Lipinski definition) is 2. The maximum Gasteiger partial charge on any atom is 0.299 e. The minimum absolute atomic E-state index is 0.0339. The second-order valence-corrected chi connectivity index (χ2v) is 7.00. The van der Waals surface area contributed by atoms with Crippen LogP contribution in [0.2, 0.25) is 10.0 Å². The second-order valence-electron chi connectivity index (χ2n) is 4.60. The molecule has 9 heteroatoms. The first kappa shape index (κ1) is 18.5. The normalized spacial score (nSPS) is 11.3. The van der Waals surface area contributed by atoms with Crippen LogP contribution >= 0.6 is 23.2 Å². The van der Waals surface area contributed by atoms with Crippen LogP contribution in [-0.2, 0) is 14.3 Å². The zero-order valence-corrected chi connectivity index (χ0v) is 14.7. The summed E-state index contributed by atoms with van der Waals surface area (Å²) in [5.41, 5.74) is 0.114. The lowest BCUT2D eigenvalue weighted by Gasteiger charge is -2.12. The van der Waals surface area contributed by atoms with E-state index in [1.807, 2.05) is 0 Å². The highest BCUT2D eigenvalue weighted by Gasteiger charge is 2.21. The molecule has 0 saturated carbocycles. The standard InChI is InChI=1S/C15H13Cl2NO5S/c1-2-23-24(21,22)13-6-4-3-5-12(13)18-15(20)9-7-10(16)14(19)11(17)8-9/h3-8,19H,2H2,1H3,(H,18,20). The summed E-state index contributed by atoms with van der Waals surface area (Å²) in [4.78, 5) is 12.2. The number of rotatable bonds is 5. The van der Waals surface area contributed by atoms with E-state index in [4.69, 9.17) is 27.4 Å². The molecule has 6 nitrogen and oxygen atoms in total. The van der Waals surface area contributed by atoms with Crippen molar-refractivity contribution < 1.29 is 22.5 Å². The molecule has 0 aliphatic heterocycles. The van der Waals surface area contributed by atoms with Crippen molar-refractivity contribution in [3.05, 3.63) is 52.0 Å². The molecule has 2 aromatic rings. The van der Waals surface area contributed by atoms with E-state index in [0.717, 1.165) is 0 Å². The van der Waals surface area contributed by atoms with Crippen molar-refractivity contribution in [3.8, 4) is 5.75 Å². The molecule has 0 saturated heterocycles. The first-order valence-electron chi connectivity index (χ1n) is 6.74. The molecule has 2 aromatic carbocycles. The Hall–Kier alpha value is -1.80. The van der Waals surface area contributed by atoms with Crippen LogP contribution in [0.3, 0.4) is 0 Å². The number of carbonyl (C=O) groups excluding carboxylic acids is 1. The molecule has 0 unspecified atom stereocenters. The lowest BCUT2D eigenvalue weighted by Crippen LogP contribution is -2.16. The fraction of sp³-hybridized carbons (Fsp3) is 0.133. The Morgan fingerprint density at radius 1 is 1.21 bits per heavy atom. The SMILES string of the molecule is CCOS(=O)(=O)c1ccccc1NC(=O)c1cc(Cl)c(O)c(Cl)c1. The van der Waals surface area contributed by atoms with Crippen LogP contribution < -0.4 is 5.32 Å². The van der Waals surface area contributed by atoms with Crippen LogP contribution in [0.4, 0.5) is 5.69 Å². The summed E-state index contributed by atoms with van der Waals surface area (Å²) in [5.74, 6) is -0.979. The number of anilines is 1. The smallest absolute Gasteiger partial charge is 0.299 e. The Balaban J connectivity index is 2.37. The highest BCUT2D eigenvalue weighted by molar-refractivity contribution is 7.87. The van der Waals surface area contributed by atoms with Crippen molar-refractivity contribution in [2.45, 2.75) is 11.8 Å². The van der Waals surface area contributed by atoms with Gasteiger partial charge in [-0.1, -0.05) is 35.3 Å². The second kappa shape index (κ2) is 7.40. The van der Waals surface area contributed by atoms with Crippen molar-refractivity contribution in [1.82, 2.24) is 0 Å². The van der Waals surface area contributed by atoms with E-state index in [0.29, 0.717) is 0 Å². The number of nitrogens with one attached hydrogen (secondary N) is 1. The molecule has 128 valence electrons. The van der Waals surface area contributed by atoms with E-state index in [1.54, 1.807) is 13.0 Å². The first-order chi connectivity index (χ1) is 11.3. The molecular formula is C15H13Cl2NO5S. The van der Waals surface area contributed by atoms with Gasteiger partial charge < -0.3 is 10.4 Å². The Morgan fingerprint density at radius 3 is 2.38 bits per heavy atom. The summed E-state index contributed by atoms with van der Waals surface area (Å²) in [6, 6.07) is 8.26. The van der Waals surface area contributed by atoms with Crippen LogP contribution in [0.5, 0.6) is 5.75 Å². The van der Waals surface area contributed by atoms with E-state index >= 15 is 0 Å². The maximum atomic E-state index is 12.3. The van der Waals surface area contributed by atoms with Crippen molar-refractivity contribution in [2.24, 2.45) is 0 Å². The topological polar surface area (TPSA) is 92.7 Å². The summed E-state index contributed by atoms with van der Waals surface area (Å²) in [6.07, 6.45) is 0. The van der Waals surface area contributed by atoms with Crippen molar-refractivity contribution >= 4 is 44.9 Å². The summed E-state index contributed by atoms with van der Waals surface area (Å²) in [5, 5.41) is 11.8. The van der Waals surface area contributed by atoms with Gasteiger partial charge in [0.25, 0.3) is 16.0 Å². The number of amides is 1. The van der Waals surface area contributed by atoms with Crippen LogP contribution in [-0.4, -0.2) is 26.0 Å². The Kier molecular flexibility index (Phi) is 5.71. The number of aromatic hydroxyl groups is 1. The Labute approximate surface area is 149 Å². The van der Waals surface area contributed by atoms with Gasteiger partial charge in [-0.25, -0.2) is 0 Å². The average molecular weight is 390 g/mol. The van der Waals surface area contributed by atoms with Gasteiger partial charge in [-0.2, -0.15) is 8.42 Å². The number of benzene rings is 2. The van der Waals surface area contributed by atoms with Crippen molar-refractivity contribution in [2.75, 3.05) is 11.9 Å². The Bertz CT molecular complexity index is 860. The first-order valence-corrected chi connectivity index (χ1v) is 8.90.